The van der Waals surface area contributed by atoms with Crippen molar-refractivity contribution >= 4 is 23.5 Å². The standard InChI is InChI=1S/C40H57N3O7/c1-40(2,3)42-38(48)34-22-21-28-11-8-9-14-33(28)43(34)25-32-24-35(29-19-17-27(26-44)18-20-29)50-39(49-32)30-12-10-13-31(23-30)41-36(45)15-6-4-5-7-16-37(46)47/h10,12-13,17-20,23,28,32-35,39,44H,4-9,11,14-16,21-22,24-26H2,1-3H3,(H,41,45)(H,42,48)(H,46,47)/t28-,32+,33-,34-,35-,39-/m1/s1. The van der Waals surface area contributed by atoms with Crippen molar-refractivity contribution in [1.29, 1.82) is 0 Å². The fourth-order valence-corrected chi connectivity index (χ4v) is 7.90. The van der Waals surface area contributed by atoms with Crippen molar-refractivity contribution in [2.45, 2.75) is 147 Å². The molecule has 2 amide bonds. The molecule has 2 saturated heterocycles. The largest absolute Gasteiger partial charge is 0.481 e. The number of aliphatic carboxylic acids is 1. The Balaban J connectivity index is 1.33. The number of carbonyl (C=O) groups is 3. The molecule has 10 heteroatoms. The maximum absolute atomic E-state index is 13.7. The number of carboxylic acids is 1. The van der Waals surface area contributed by atoms with Crippen LogP contribution in [-0.2, 0) is 30.5 Å². The van der Waals surface area contributed by atoms with E-state index in [1.165, 1.54) is 19.3 Å². The average molecular weight is 692 g/mol. The van der Waals surface area contributed by atoms with Gasteiger partial charge < -0.3 is 30.3 Å². The average Bonchev–Trinajstić information content (AvgIpc) is 3.09. The number of hydrogen-bond acceptors (Lipinski definition) is 7. The van der Waals surface area contributed by atoms with E-state index in [0.29, 0.717) is 49.9 Å². The molecule has 0 spiro atoms. The number of nitrogens with one attached hydrogen (secondary N) is 2. The summed E-state index contributed by atoms with van der Waals surface area (Å²) in [5.74, 6) is -0.199. The van der Waals surface area contributed by atoms with Gasteiger partial charge in [-0.2, -0.15) is 0 Å². The van der Waals surface area contributed by atoms with Crippen LogP contribution in [0, 0.1) is 5.92 Å². The summed E-state index contributed by atoms with van der Waals surface area (Å²) in [6.07, 6.45) is 9.54. The number of unbranched alkanes of at least 4 members (excludes halogenated alkanes) is 3. The predicted octanol–water partition coefficient (Wildman–Crippen LogP) is 7.03. The Labute approximate surface area is 297 Å². The number of nitrogens with zero attached hydrogens (tertiary/aromatic N) is 1. The number of ether oxygens (including phenoxy) is 2. The van der Waals surface area contributed by atoms with Gasteiger partial charge in [0, 0.05) is 48.6 Å². The van der Waals surface area contributed by atoms with Crippen molar-refractivity contribution in [2.24, 2.45) is 5.92 Å². The molecule has 3 aliphatic rings. The molecule has 0 bridgehead atoms. The zero-order chi connectivity index (χ0) is 35.7. The zero-order valence-corrected chi connectivity index (χ0v) is 30.1. The molecule has 0 unspecified atom stereocenters. The molecule has 2 aromatic rings. The molecule has 1 saturated carbocycles. The lowest BCUT2D eigenvalue weighted by Gasteiger charge is -2.50. The van der Waals surface area contributed by atoms with Gasteiger partial charge in [0.1, 0.15) is 0 Å². The SMILES string of the molecule is CC(C)(C)NC(=O)[C@H]1CC[C@H]2CCCC[C@H]2N1C[C@@H]1C[C@H](c2ccc(CO)cc2)O[C@H](c2cccc(NC(=O)CCCCCCC(=O)O)c2)O1. The molecular formula is C40H57N3O7. The van der Waals surface area contributed by atoms with E-state index in [0.717, 1.165) is 48.8 Å². The maximum Gasteiger partial charge on any atom is 0.303 e. The first-order chi connectivity index (χ1) is 24.0. The first kappa shape index (κ1) is 37.9. The summed E-state index contributed by atoms with van der Waals surface area (Å²) in [4.78, 5) is 39.7. The van der Waals surface area contributed by atoms with E-state index in [2.05, 4.69) is 15.5 Å². The number of hydrogen-bond donors (Lipinski definition) is 4. The number of rotatable bonds is 14. The third-order valence-corrected chi connectivity index (χ3v) is 10.3. The highest BCUT2D eigenvalue weighted by Crippen LogP contribution is 2.42. The molecule has 1 aliphatic carbocycles. The Morgan fingerprint density at radius 2 is 1.62 bits per heavy atom. The minimum Gasteiger partial charge on any atom is -0.481 e. The van der Waals surface area contributed by atoms with Crippen molar-refractivity contribution in [3.63, 3.8) is 0 Å². The highest BCUT2D eigenvalue weighted by atomic mass is 16.7. The molecule has 0 aromatic heterocycles. The molecule has 2 heterocycles. The van der Waals surface area contributed by atoms with Crippen LogP contribution < -0.4 is 10.6 Å². The minimum absolute atomic E-state index is 0.0288. The predicted molar refractivity (Wildman–Crippen MR) is 192 cm³/mol. The lowest BCUT2D eigenvalue weighted by Crippen LogP contribution is -2.61. The van der Waals surface area contributed by atoms with Gasteiger partial charge in [0.05, 0.1) is 24.9 Å². The van der Waals surface area contributed by atoms with Gasteiger partial charge in [-0.25, -0.2) is 0 Å². The second kappa shape index (κ2) is 17.8. The lowest BCUT2D eigenvalue weighted by atomic mass is 9.75. The summed E-state index contributed by atoms with van der Waals surface area (Å²) < 4.78 is 13.4. The molecule has 6 atom stereocenters. The van der Waals surface area contributed by atoms with E-state index in [4.69, 9.17) is 14.6 Å². The molecule has 4 N–H and O–H groups in total. The Bertz CT molecular complexity index is 1420. The number of benzene rings is 2. The second-order valence-corrected chi connectivity index (χ2v) is 15.5. The number of piperidine rings is 1. The van der Waals surface area contributed by atoms with Gasteiger partial charge in [-0.05, 0) is 88.5 Å². The van der Waals surface area contributed by atoms with Crippen molar-refractivity contribution in [3.05, 3.63) is 65.2 Å². The summed E-state index contributed by atoms with van der Waals surface area (Å²) in [6, 6.07) is 15.6. The van der Waals surface area contributed by atoms with Crippen molar-refractivity contribution in [2.75, 3.05) is 11.9 Å². The highest BCUT2D eigenvalue weighted by Gasteiger charge is 2.44. The number of carboxylic acid groups (broad SMARTS) is 1. The Morgan fingerprint density at radius 1 is 0.880 bits per heavy atom. The Hall–Kier alpha value is -3.31. The molecule has 5 rings (SSSR count). The number of fused-ring (bicyclic) bond motifs is 1. The molecule has 2 aliphatic heterocycles. The first-order valence-electron chi connectivity index (χ1n) is 18.7. The van der Waals surface area contributed by atoms with Crippen molar-refractivity contribution in [3.8, 4) is 0 Å². The summed E-state index contributed by atoms with van der Waals surface area (Å²) >= 11 is 0. The number of aliphatic hydroxyl groups is 1. The van der Waals surface area contributed by atoms with Crippen LogP contribution in [0.25, 0.3) is 0 Å². The fraction of sp³-hybridized carbons (Fsp3) is 0.625. The lowest BCUT2D eigenvalue weighted by molar-refractivity contribution is -0.255. The van der Waals surface area contributed by atoms with Crippen LogP contribution in [0.5, 0.6) is 0 Å². The number of aliphatic hydroxyl groups excluding tert-OH is 1. The van der Waals surface area contributed by atoms with Gasteiger partial charge in [0.2, 0.25) is 11.8 Å². The van der Waals surface area contributed by atoms with E-state index in [-0.39, 0.29) is 48.6 Å². The summed E-state index contributed by atoms with van der Waals surface area (Å²) in [5, 5.41) is 24.7. The topological polar surface area (TPSA) is 137 Å². The van der Waals surface area contributed by atoms with Crippen molar-refractivity contribution in [1.82, 2.24) is 10.2 Å². The third kappa shape index (κ3) is 10.8. The number of likely N-dealkylation sites (tertiary alicyclic amines) is 1. The van der Waals surface area contributed by atoms with E-state index in [1.54, 1.807) is 0 Å². The zero-order valence-electron chi connectivity index (χ0n) is 30.1. The molecular weight excluding hydrogens is 634 g/mol. The van der Waals surface area contributed by atoms with Crippen LogP contribution >= 0.6 is 0 Å². The summed E-state index contributed by atoms with van der Waals surface area (Å²) in [6.45, 7) is 6.68. The van der Waals surface area contributed by atoms with Gasteiger partial charge in [0.25, 0.3) is 0 Å². The number of amides is 2. The molecule has 3 fully saturated rings. The molecule has 50 heavy (non-hydrogen) atoms. The summed E-state index contributed by atoms with van der Waals surface area (Å²) in [5.41, 5.74) is 2.98. The van der Waals surface area contributed by atoms with Gasteiger partial charge >= 0.3 is 5.97 Å². The van der Waals surface area contributed by atoms with Gasteiger partial charge in [-0.1, -0.05) is 62.1 Å². The molecule has 2 aromatic carbocycles. The number of carbonyl (C=O) groups excluding carboxylic acids is 2. The van der Waals surface area contributed by atoms with Gasteiger partial charge in [0.15, 0.2) is 6.29 Å². The van der Waals surface area contributed by atoms with E-state index < -0.39 is 12.3 Å². The van der Waals surface area contributed by atoms with Crippen LogP contribution in [0.2, 0.25) is 0 Å². The molecule has 274 valence electrons. The van der Waals surface area contributed by atoms with Crippen LogP contribution in [0.4, 0.5) is 5.69 Å². The van der Waals surface area contributed by atoms with Crippen LogP contribution in [0.15, 0.2) is 48.5 Å². The monoisotopic (exact) mass is 691 g/mol. The van der Waals surface area contributed by atoms with Gasteiger partial charge in [-0.3, -0.25) is 19.3 Å². The van der Waals surface area contributed by atoms with E-state index >= 15 is 0 Å². The third-order valence-electron chi connectivity index (χ3n) is 10.3. The maximum atomic E-state index is 13.7. The second-order valence-electron chi connectivity index (χ2n) is 15.5. The molecule has 0 radical (unpaired) electrons. The smallest absolute Gasteiger partial charge is 0.303 e. The molecule has 10 nitrogen and oxygen atoms in total. The normalized spacial score (nSPS) is 25.8. The van der Waals surface area contributed by atoms with Crippen molar-refractivity contribution < 1.29 is 34.1 Å². The highest BCUT2D eigenvalue weighted by molar-refractivity contribution is 5.90. The Morgan fingerprint density at radius 3 is 2.34 bits per heavy atom. The Kier molecular flexibility index (Phi) is 13.5. The van der Waals surface area contributed by atoms with Crippen LogP contribution in [0.1, 0.15) is 133 Å². The van der Waals surface area contributed by atoms with Crippen LogP contribution in [-0.4, -0.2) is 63.2 Å². The summed E-state index contributed by atoms with van der Waals surface area (Å²) in [7, 11) is 0. The fourth-order valence-electron chi connectivity index (χ4n) is 7.90. The minimum atomic E-state index is -0.789. The number of anilines is 1. The van der Waals surface area contributed by atoms with Crippen LogP contribution in [0.3, 0.4) is 0 Å². The van der Waals surface area contributed by atoms with E-state index in [9.17, 15) is 19.5 Å². The first-order valence-corrected chi connectivity index (χ1v) is 18.7. The quantitative estimate of drug-likeness (QED) is 0.155. The van der Waals surface area contributed by atoms with Gasteiger partial charge in [-0.15, -0.1) is 0 Å². The van der Waals surface area contributed by atoms with E-state index in [1.807, 2.05) is 69.3 Å².